The lowest BCUT2D eigenvalue weighted by Crippen LogP contribution is -2.54. The van der Waals surface area contributed by atoms with Crippen LogP contribution >= 0.6 is 34.8 Å². The van der Waals surface area contributed by atoms with Gasteiger partial charge in [-0.15, -0.1) is 0 Å². The van der Waals surface area contributed by atoms with Crippen molar-refractivity contribution in [3.63, 3.8) is 0 Å². The van der Waals surface area contributed by atoms with Crippen molar-refractivity contribution >= 4 is 64.4 Å². The third-order valence-electron chi connectivity index (χ3n) is 5.24. The first-order chi connectivity index (χ1) is 16.3. The van der Waals surface area contributed by atoms with Gasteiger partial charge in [-0.05, 0) is 48.4 Å². The van der Waals surface area contributed by atoms with Crippen molar-refractivity contribution in [3.05, 3.63) is 62.6 Å². The average Bonchev–Trinajstić information content (AvgIpc) is 2.77. The summed E-state index contributed by atoms with van der Waals surface area (Å²) >= 11 is 18.7. The van der Waals surface area contributed by atoms with E-state index in [1.54, 1.807) is 30.3 Å². The first kappa shape index (κ1) is 26.1. The molecule has 1 aliphatic rings. The molecule has 34 heavy (non-hydrogen) atoms. The van der Waals surface area contributed by atoms with Gasteiger partial charge in [-0.1, -0.05) is 79.9 Å². The molecule has 6 nitrogen and oxygen atoms in total. The van der Waals surface area contributed by atoms with E-state index >= 15 is 0 Å². The maximum atomic E-state index is 13.0. The predicted octanol–water partition coefficient (Wildman–Crippen LogP) is 7.05. The summed E-state index contributed by atoms with van der Waals surface area (Å²) in [5.74, 6) is -1.25. The van der Waals surface area contributed by atoms with Crippen molar-refractivity contribution in [2.75, 3.05) is 11.5 Å². The Bertz CT molecular complexity index is 1090. The lowest BCUT2D eigenvalue weighted by atomic mass is 10.1. The lowest BCUT2D eigenvalue weighted by Gasteiger charge is -2.26. The summed E-state index contributed by atoms with van der Waals surface area (Å²) in [5, 5.41) is 3.03. The number of unbranched alkanes of at least 4 members (excludes halogenated alkanes) is 5. The number of imide groups is 2. The number of ether oxygens (including phenoxy) is 1. The molecule has 3 rings (SSSR count). The summed E-state index contributed by atoms with van der Waals surface area (Å²) in [6.07, 6.45) is 8.11. The lowest BCUT2D eigenvalue weighted by molar-refractivity contribution is -0.122. The highest BCUT2D eigenvalue weighted by Crippen LogP contribution is 2.35. The molecule has 0 atom stereocenters. The fourth-order valence-corrected chi connectivity index (χ4v) is 4.33. The zero-order chi connectivity index (χ0) is 24.7. The highest BCUT2D eigenvalue weighted by atomic mass is 35.5. The van der Waals surface area contributed by atoms with Crippen LogP contribution in [0.5, 0.6) is 5.75 Å². The maximum Gasteiger partial charge on any atom is 0.335 e. The summed E-state index contributed by atoms with van der Waals surface area (Å²) in [4.78, 5) is 38.6. The number of hydrogen-bond acceptors (Lipinski definition) is 4. The van der Waals surface area contributed by atoms with E-state index in [-0.39, 0.29) is 21.3 Å². The van der Waals surface area contributed by atoms with Crippen molar-refractivity contribution in [1.82, 2.24) is 5.32 Å². The molecule has 2 aromatic rings. The number of halogens is 3. The Morgan fingerprint density at radius 2 is 1.62 bits per heavy atom. The highest BCUT2D eigenvalue weighted by molar-refractivity contribution is 6.40. The number of nitrogens with one attached hydrogen (secondary N) is 1. The Balaban J connectivity index is 1.75. The number of anilines is 1. The number of urea groups is 1. The van der Waals surface area contributed by atoms with Crippen LogP contribution in [0.3, 0.4) is 0 Å². The Labute approximate surface area is 213 Å². The number of benzene rings is 2. The second-order valence-electron chi connectivity index (χ2n) is 7.87. The summed E-state index contributed by atoms with van der Waals surface area (Å²) in [6, 6.07) is 8.45. The molecular formula is C25H25Cl3N2O4. The zero-order valence-corrected chi connectivity index (χ0v) is 21.0. The van der Waals surface area contributed by atoms with E-state index < -0.39 is 17.8 Å². The molecule has 180 valence electrons. The molecule has 1 fully saturated rings. The number of carbonyl (C=O) groups excluding carboxylic acids is 3. The van der Waals surface area contributed by atoms with E-state index in [1.807, 2.05) is 0 Å². The molecule has 1 aliphatic heterocycles. The van der Waals surface area contributed by atoms with Gasteiger partial charge in [0.05, 0.1) is 22.3 Å². The maximum absolute atomic E-state index is 13.0. The van der Waals surface area contributed by atoms with Crippen molar-refractivity contribution in [3.8, 4) is 5.75 Å². The summed E-state index contributed by atoms with van der Waals surface area (Å²) in [5.41, 5.74) is 0.413. The van der Waals surface area contributed by atoms with Crippen LogP contribution < -0.4 is 15.0 Å². The second kappa shape index (κ2) is 12.2. The number of rotatable bonds is 10. The summed E-state index contributed by atoms with van der Waals surface area (Å²) in [6.45, 7) is 2.67. The fraction of sp³-hybridized carbons (Fsp3) is 0.320. The molecule has 0 unspecified atom stereocenters. The molecule has 1 N–H and O–H groups in total. The van der Waals surface area contributed by atoms with Crippen molar-refractivity contribution in [2.24, 2.45) is 0 Å². The number of carbonyl (C=O) groups is 3. The average molecular weight is 524 g/mol. The van der Waals surface area contributed by atoms with Gasteiger partial charge in [-0.25, -0.2) is 9.69 Å². The van der Waals surface area contributed by atoms with E-state index in [2.05, 4.69) is 12.2 Å². The van der Waals surface area contributed by atoms with E-state index in [0.29, 0.717) is 22.9 Å². The number of amides is 4. The minimum Gasteiger partial charge on any atom is -0.490 e. The minimum atomic E-state index is -0.857. The molecule has 9 heteroatoms. The van der Waals surface area contributed by atoms with Crippen molar-refractivity contribution in [2.45, 2.75) is 45.4 Å². The number of hydrogen-bond donors (Lipinski definition) is 1. The molecule has 0 aromatic heterocycles. The first-order valence-corrected chi connectivity index (χ1v) is 12.2. The minimum absolute atomic E-state index is 0.239. The smallest absolute Gasteiger partial charge is 0.335 e. The van der Waals surface area contributed by atoms with Gasteiger partial charge in [-0.2, -0.15) is 0 Å². The molecule has 1 heterocycles. The van der Waals surface area contributed by atoms with Crippen LogP contribution in [-0.4, -0.2) is 24.5 Å². The standard InChI is InChI=1S/C25H25Cl3N2O4/c1-2-3-4-5-6-7-11-34-22-20(27)13-16(14-21(22)28)12-19-23(31)29-25(33)30(24(19)32)18-10-8-9-17(26)15-18/h8-10,12-15H,2-7,11H2,1H3,(H,29,31,33)/b19-12+. The number of barbiturate groups is 1. The van der Waals surface area contributed by atoms with Crippen LogP contribution in [0.25, 0.3) is 6.08 Å². The van der Waals surface area contributed by atoms with Crippen molar-refractivity contribution in [1.29, 1.82) is 0 Å². The fourth-order valence-electron chi connectivity index (χ4n) is 3.53. The Hall–Kier alpha value is -2.54. The molecule has 0 aliphatic carbocycles. The normalized spacial score (nSPS) is 15.1. The zero-order valence-electron chi connectivity index (χ0n) is 18.7. The monoisotopic (exact) mass is 522 g/mol. The van der Waals surface area contributed by atoms with E-state index in [4.69, 9.17) is 39.5 Å². The van der Waals surface area contributed by atoms with Gasteiger partial charge in [0, 0.05) is 5.02 Å². The predicted molar refractivity (Wildman–Crippen MR) is 136 cm³/mol. The molecule has 4 amide bonds. The highest BCUT2D eigenvalue weighted by Gasteiger charge is 2.37. The largest absolute Gasteiger partial charge is 0.490 e. The second-order valence-corrected chi connectivity index (χ2v) is 9.12. The topological polar surface area (TPSA) is 75.7 Å². The molecule has 0 radical (unpaired) electrons. The van der Waals surface area contributed by atoms with Gasteiger partial charge in [0.25, 0.3) is 11.8 Å². The van der Waals surface area contributed by atoms with Crippen LogP contribution in [0.1, 0.15) is 51.0 Å². The van der Waals surface area contributed by atoms with E-state index in [0.717, 1.165) is 24.2 Å². The SMILES string of the molecule is CCCCCCCCOc1c(Cl)cc(/C=C2\C(=O)NC(=O)N(c3cccc(Cl)c3)C2=O)cc1Cl. The van der Waals surface area contributed by atoms with Crippen LogP contribution in [0, 0.1) is 0 Å². The van der Waals surface area contributed by atoms with Crippen molar-refractivity contribution < 1.29 is 19.1 Å². The Morgan fingerprint density at radius 3 is 2.29 bits per heavy atom. The molecule has 2 aromatic carbocycles. The van der Waals surface area contributed by atoms with Gasteiger partial charge >= 0.3 is 6.03 Å². The Kier molecular flexibility index (Phi) is 9.39. The molecule has 0 saturated carbocycles. The van der Waals surface area contributed by atoms with Gasteiger partial charge in [0.1, 0.15) is 5.57 Å². The van der Waals surface area contributed by atoms with Gasteiger partial charge in [-0.3, -0.25) is 14.9 Å². The van der Waals surface area contributed by atoms with E-state index in [9.17, 15) is 14.4 Å². The van der Waals surface area contributed by atoms with Crippen LogP contribution in [0.2, 0.25) is 15.1 Å². The third-order valence-corrected chi connectivity index (χ3v) is 6.04. The van der Waals surface area contributed by atoms with Gasteiger partial charge < -0.3 is 4.74 Å². The van der Waals surface area contributed by atoms with Gasteiger partial charge in [0.2, 0.25) is 0 Å². The quantitative estimate of drug-likeness (QED) is 0.206. The molecular weight excluding hydrogens is 499 g/mol. The first-order valence-electron chi connectivity index (χ1n) is 11.1. The van der Waals surface area contributed by atoms with Crippen LogP contribution in [-0.2, 0) is 9.59 Å². The summed E-state index contributed by atoms with van der Waals surface area (Å²) < 4.78 is 5.77. The summed E-state index contributed by atoms with van der Waals surface area (Å²) in [7, 11) is 0. The van der Waals surface area contributed by atoms with Crippen LogP contribution in [0.15, 0.2) is 42.0 Å². The molecule has 0 spiro atoms. The molecule has 0 bridgehead atoms. The van der Waals surface area contributed by atoms with Gasteiger partial charge in [0.15, 0.2) is 5.75 Å². The van der Waals surface area contributed by atoms with Crippen LogP contribution in [0.4, 0.5) is 10.5 Å². The molecule has 1 saturated heterocycles. The number of nitrogens with zero attached hydrogens (tertiary/aromatic N) is 1. The van der Waals surface area contributed by atoms with E-state index in [1.165, 1.54) is 31.4 Å². The Morgan fingerprint density at radius 1 is 0.941 bits per heavy atom. The third kappa shape index (κ3) is 6.53.